The fourth-order valence-corrected chi connectivity index (χ4v) is 3.57. The summed E-state index contributed by atoms with van der Waals surface area (Å²) in [5, 5.41) is 0. The lowest BCUT2D eigenvalue weighted by Crippen LogP contribution is -2.33. The summed E-state index contributed by atoms with van der Waals surface area (Å²) in [7, 11) is 1.72. The molecule has 3 heteroatoms. The maximum absolute atomic E-state index is 6.13. The molecule has 0 saturated carbocycles. The molecule has 0 amide bonds. The van der Waals surface area contributed by atoms with Gasteiger partial charge in [-0.05, 0) is 67.9 Å². The molecule has 1 saturated heterocycles. The van der Waals surface area contributed by atoms with Gasteiger partial charge in [-0.25, -0.2) is 0 Å². The number of hydrogen-bond donors (Lipinski definition) is 0. The average molecular weight is 354 g/mol. The molecule has 140 valence electrons. The first kappa shape index (κ1) is 18.8. The lowest BCUT2D eigenvalue weighted by Gasteiger charge is -2.26. The van der Waals surface area contributed by atoms with Crippen molar-refractivity contribution in [1.29, 1.82) is 0 Å². The van der Waals surface area contributed by atoms with Crippen LogP contribution >= 0.6 is 0 Å². The van der Waals surface area contributed by atoms with E-state index in [0.717, 1.165) is 31.1 Å². The Morgan fingerprint density at radius 3 is 2.54 bits per heavy atom. The smallest absolute Gasteiger partial charge is 0.142 e. The van der Waals surface area contributed by atoms with Crippen LogP contribution in [0.15, 0.2) is 48.5 Å². The van der Waals surface area contributed by atoms with Crippen molar-refractivity contribution in [2.75, 3.05) is 26.9 Å². The molecule has 1 aliphatic heterocycles. The quantitative estimate of drug-likeness (QED) is 0.587. The third kappa shape index (κ3) is 5.77. The van der Waals surface area contributed by atoms with E-state index < -0.39 is 0 Å². The number of likely N-dealkylation sites (tertiary alicyclic amines) is 1. The number of piperidine rings is 1. The van der Waals surface area contributed by atoms with Crippen LogP contribution < -0.4 is 9.47 Å². The van der Waals surface area contributed by atoms with E-state index in [1.165, 1.54) is 56.3 Å². The molecule has 0 N–H and O–H groups in total. The summed E-state index contributed by atoms with van der Waals surface area (Å²) in [5.41, 5.74) is 2.68. The van der Waals surface area contributed by atoms with Gasteiger partial charge in [0.15, 0.2) is 0 Å². The number of benzene rings is 2. The Balaban J connectivity index is 1.45. The molecule has 1 fully saturated rings. The molecule has 0 spiro atoms. The lowest BCUT2D eigenvalue weighted by atomic mass is 10.0. The van der Waals surface area contributed by atoms with E-state index in [-0.39, 0.29) is 0 Å². The zero-order valence-electron chi connectivity index (χ0n) is 16.0. The minimum atomic E-state index is 0.723. The van der Waals surface area contributed by atoms with Crippen molar-refractivity contribution in [3.05, 3.63) is 59.7 Å². The van der Waals surface area contributed by atoms with Gasteiger partial charge in [0.1, 0.15) is 18.2 Å². The van der Waals surface area contributed by atoms with Crippen LogP contribution in [0.5, 0.6) is 11.5 Å². The van der Waals surface area contributed by atoms with Gasteiger partial charge in [0.05, 0.1) is 7.11 Å². The van der Waals surface area contributed by atoms with Crippen LogP contribution in [0.3, 0.4) is 0 Å². The Hall–Kier alpha value is -2.00. The second-order valence-corrected chi connectivity index (χ2v) is 7.12. The molecule has 26 heavy (non-hydrogen) atoms. The second kappa shape index (κ2) is 10.2. The summed E-state index contributed by atoms with van der Waals surface area (Å²) in [6.07, 6.45) is 8.47. The Morgan fingerprint density at radius 2 is 1.69 bits per heavy atom. The van der Waals surface area contributed by atoms with Crippen molar-refractivity contribution < 1.29 is 9.47 Å². The molecule has 0 aromatic heterocycles. The van der Waals surface area contributed by atoms with Gasteiger partial charge < -0.3 is 9.47 Å². The number of para-hydroxylation sites is 1. The number of unbranched alkanes of at least 4 members (excludes halogenated alkanes) is 1. The van der Waals surface area contributed by atoms with Crippen molar-refractivity contribution in [2.45, 2.75) is 44.9 Å². The molecule has 0 unspecified atom stereocenters. The summed E-state index contributed by atoms with van der Waals surface area (Å²) in [6.45, 7) is 3.06. The highest BCUT2D eigenvalue weighted by Gasteiger charge is 2.11. The monoisotopic (exact) mass is 353 g/mol. The summed E-state index contributed by atoms with van der Waals surface area (Å²) < 4.78 is 11.4. The third-order valence-corrected chi connectivity index (χ3v) is 5.12. The fraction of sp³-hybridized carbons (Fsp3) is 0.478. The van der Waals surface area contributed by atoms with Crippen LogP contribution in [0.1, 0.15) is 43.2 Å². The highest BCUT2D eigenvalue weighted by Crippen LogP contribution is 2.22. The summed E-state index contributed by atoms with van der Waals surface area (Å²) in [6, 6.07) is 16.9. The first-order chi connectivity index (χ1) is 12.8. The molecule has 3 nitrogen and oxygen atoms in total. The van der Waals surface area contributed by atoms with E-state index in [4.69, 9.17) is 9.47 Å². The molecule has 1 heterocycles. The standard InChI is InChI=1S/C23H31NO2/c1-25-22-14-9-11-20(18-22)10-3-4-12-21-13-5-6-15-23(21)26-19-24-16-7-2-8-17-24/h5-6,9,11,13-15,18H,2-4,7-8,10,12,16-17,19H2,1H3. The van der Waals surface area contributed by atoms with E-state index in [0.29, 0.717) is 0 Å². The van der Waals surface area contributed by atoms with E-state index in [1.54, 1.807) is 7.11 Å². The highest BCUT2D eigenvalue weighted by molar-refractivity contribution is 5.33. The van der Waals surface area contributed by atoms with Crippen LogP contribution in [0.2, 0.25) is 0 Å². The van der Waals surface area contributed by atoms with Gasteiger partial charge in [0.2, 0.25) is 0 Å². The predicted molar refractivity (Wildman–Crippen MR) is 107 cm³/mol. The second-order valence-electron chi connectivity index (χ2n) is 7.12. The highest BCUT2D eigenvalue weighted by atomic mass is 16.5. The van der Waals surface area contributed by atoms with Crippen LogP contribution in [0.4, 0.5) is 0 Å². The van der Waals surface area contributed by atoms with E-state index >= 15 is 0 Å². The van der Waals surface area contributed by atoms with Crippen molar-refractivity contribution in [2.24, 2.45) is 0 Å². The van der Waals surface area contributed by atoms with Gasteiger partial charge >= 0.3 is 0 Å². The molecule has 0 radical (unpaired) electrons. The average Bonchev–Trinajstić information content (AvgIpc) is 2.71. The summed E-state index contributed by atoms with van der Waals surface area (Å²) in [5.74, 6) is 2.00. The number of rotatable bonds is 9. The van der Waals surface area contributed by atoms with E-state index in [9.17, 15) is 0 Å². The summed E-state index contributed by atoms with van der Waals surface area (Å²) >= 11 is 0. The van der Waals surface area contributed by atoms with Crippen molar-refractivity contribution in [3.63, 3.8) is 0 Å². The Morgan fingerprint density at radius 1 is 0.885 bits per heavy atom. The molecule has 0 bridgehead atoms. The van der Waals surface area contributed by atoms with Gasteiger partial charge in [0.25, 0.3) is 0 Å². The number of methoxy groups -OCH3 is 1. The van der Waals surface area contributed by atoms with Gasteiger partial charge in [-0.3, -0.25) is 4.90 Å². The SMILES string of the molecule is COc1cccc(CCCCc2ccccc2OCN2CCCCC2)c1. The topological polar surface area (TPSA) is 21.7 Å². The van der Waals surface area contributed by atoms with Crippen LogP contribution in [-0.2, 0) is 12.8 Å². The summed E-state index contributed by atoms with van der Waals surface area (Å²) in [4.78, 5) is 2.42. The molecular formula is C23H31NO2. The molecular weight excluding hydrogens is 322 g/mol. The van der Waals surface area contributed by atoms with Crippen molar-refractivity contribution >= 4 is 0 Å². The third-order valence-electron chi connectivity index (χ3n) is 5.12. The Kier molecular flexibility index (Phi) is 7.38. The number of aryl methyl sites for hydroxylation is 2. The number of ether oxygens (including phenoxy) is 2. The lowest BCUT2D eigenvalue weighted by molar-refractivity contribution is 0.106. The van der Waals surface area contributed by atoms with Crippen molar-refractivity contribution in [1.82, 2.24) is 4.90 Å². The van der Waals surface area contributed by atoms with Gasteiger partial charge in [-0.2, -0.15) is 0 Å². The Labute approximate surface area is 157 Å². The zero-order chi connectivity index (χ0) is 18.0. The maximum atomic E-state index is 6.13. The number of nitrogens with zero attached hydrogens (tertiary/aromatic N) is 1. The molecule has 0 atom stereocenters. The zero-order valence-corrected chi connectivity index (χ0v) is 16.0. The first-order valence-electron chi connectivity index (χ1n) is 9.91. The molecule has 1 aliphatic rings. The van der Waals surface area contributed by atoms with Crippen LogP contribution in [0.25, 0.3) is 0 Å². The van der Waals surface area contributed by atoms with E-state index in [1.807, 2.05) is 6.07 Å². The van der Waals surface area contributed by atoms with E-state index in [2.05, 4.69) is 47.4 Å². The fourth-order valence-electron chi connectivity index (χ4n) is 3.57. The van der Waals surface area contributed by atoms with Crippen LogP contribution in [-0.4, -0.2) is 31.8 Å². The van der Waals surface area contributed by atoms with Gasteiger partial charge in [-0.1, -0.05) is 36.8 Å². The minimum absolute atomic E-state index is 0.723. The Bertz CT molecular complexity index is 665. The largest absolute Gasteiger partial charge is 0.497 e. The van der Waals surface area contributed by atoms with Gasteiger partial charge in [-0.15, -0.1) is 0 Å². The van der Waals surface area contributed by atoms with Crippen molar-refractivity contribution in [3.8, 4) is 11.5 Å². The maximum Gasteiger partial charge on any atom is 0.142 e. The number of hydrogen-bond acceptors (Lipinski definition) is 3. The minimum Gasteiger partial charge on any atom is -0.497 e. The normalized spacial score (nSPS) is 15.0. The molecule has 2 aromatic rings. The molecule has 0 aliphatic carbocycles. The molecule has 3 rings (SSSR count). The molecule has 2 aromatic carbocycles. The van der Waals surface area contributed by atoms with Gasteiger partial charge in [0, 0.05) is 13.1 Å². The van der Waals surface area contributed by atoms with Crippen LogP contribution in [0, 0.1) is 0 Å². The first-order valence-corrected chi connectivity index (χ1v) is 9.91. The predicted octanol–water partition coefficient (Wildman–Crippen LogP) is 5.08.